The Morgan fingerprint density at radius 1 is 1.24 bits per heavy atom. The van der Waals surface area contributed by atoms with Crippen LogP contribution in [-0.2, 0) is 23.9 Å². The maximum absolute atomic E-state index is 13.5. The van der Waals surface area contributed by atoms with Crippen molar-refractivity contribution in [2.24, 2.45) is 11.8 Å². The van der Waals surface area contributed by atoms with Gasteiger partial charge in [-0.3, -0.25) is 9.59 Å². The van der Waals surface area contributed by atoms with Crippen molar-refractivity contribution in [2.75, 3.05) is 13.7 Å². The fourth-order valence-electron chi connectivity index (χ4n) is 4.15. The number of carbonyl (C=O) groups is 3. The summed E-state index contributed by atoms with van der Waals surface area (Å²) in [5.74, 6) is -3.15. The van der Waals surface area contributed by atoms with Crippen LogP contribution in [0.5, 0.6) is 0 Å². The van der Waals surface area contributed by atoms with Crippen molar-refractivity contribution < 1.29 is 23.9 Å². The highest BCUT2D eigenvalue weighted by atomic mass is 35.5. The maximum Gasteiger partial charge on any atom is 0.336 e. The Balaban J connectivity index is 2.18. The Hall–Kier alpha value is -2.60. The number of ether oxygens (including phenoxy) is 2. The molecule has 1 N–H and O–H groups in total. The monoisotopic (exact) mass is 417 g/mol. The molecule has 1 aromatic carbocycles. The predicted octanol–water partition coefficient (Wildman–Crippen LogP) is 3.52. The molecule has 3 rings (SSSR count). The third kappa shape index (κ3) is 3.81. The average molecular weight is 418 g/mol. The smallest absolute Gasteiger partial charge is 0.336 e. The second-order valence-electron chi connectivity index (χ2n) is 7.31. The number of allylic oxidation sites excluding steroid dienone is 3. The van der Waals surface area contributed by atoms with Crippen LogP contribution < -0.4 is 5.32 Å². The minimum atomic E-state index is -0.905. The molecule has 6 nitrogen and oxygen atoms in total. The molecule has 0 bridgehead atoms. The summed E-state index contributed by atoms with van der Waals surface area (Å²) in [5.41, 5.74) is 2.87. The molecule has 7 heteroatoms. The number of benzene rings is 1. The number of methoxy groups -OCH3 is 1. The molecule has 0 aromatic heterocycles. The number of carbonyl (C=O) groups excluding carboxylic acids is 3. The van der Waals surface area contributed by atoms with Crippen molar-refractivity contribution in [1.29, 1.82) is 0 Å². The summed E-state index contributed by atoms with van der Waals surface area (Å²) >= 11 is 6.04. The lowest BCUT2D eigenvalue weighted by Crippen LogP contribution is -2.43. The number of dihydropyridines is 1. The molecule has 29 heavy (non-hydrogen) atoms. The van der Waals surface area contributed by atoms with E-state index >= 15 is 0 Å². The quantitative estimate of drug-likeness (QED) is 0.596. The molecule has 0 radical (unpaired) electrons. The zero-order valence-electron chi connectivity index (χ0n) is 16.9. The van der Waals surface area contributed by atoms with Gasteiger partial charge in [0, 0.05) is 27.9 Å². The van der Waals surface area contributed by atoms with Crippen LogP contribution in [-0.4, -0.2) is 31.4 Å². The van der Waals surface area contributed by atoms with Gasteiger partial charge in [-0.15, -0.1) is 0 Å². The number of esters is 2. The molecule has 1 aromatic rings. The summed E-state index contributed by atoms with van der Waals surface area (Å²) in [6, 6.07) is 7.00. The number of hydrogen-bond acceptors (Lipinski definition) is 6. The Kier molecular flexibility index (Phi) is 6.13. The summed E-state index contributed by atoms with van der Waals surface area (Å²) in [6.07, 6.45) is 0.498. The lowest BCUT2D eigenvalue weighted by molar-refractivity contribution is -0.151. The van der Waals surface area contributed by atoms with Crippen molar-refractivity contribution in [2.45, 2.75) is 33.1 Å². The minimum absolute atomic E-state index is 0.213. The Morgan fingerprint density at radius 3 is 2.48 bits per heavy atom. The number of hydrogen-bond donors (Lipinski definition) is 1. The highest BCUT2D eigenvalue weighted by Gasteiger charge is 2.47. The van der Waals surface area contributed by atoms with Gasteiger partial charge in [0.25, 0.3) is 0 Å². The summed E-state index contributed by atoms with van der Waals surface area (Å²) in [5, 5.41) is 3.76. The summed E-state index contributed by atoms with van der Waals surface area (Å²) in [7, 11) is 1.27. The molecule has 0 unspecified atom stereocenters. The van der Waals surface area contributed by atoms with Gasteiger partial charge in [0.15, 0.2) is 5.78 Å². The highest BCUT2D eigenvalue weighted by molar-refractivity contribution is 6.30. The number of halogens is 1. The first-order valence-corrected chi connectivity index (χ1v) is 9.93. The molecule has 154 valence electrons. The van der Waals surface area contributed by atoms with E-state index in [1.165, 1.54) is 7.11 Å². The van der Waals surface area contributed by atoms with Gasteiger partial charge >= 0.3 is 11.9 Å². The fourth-order valence-corrected chi connectivity index (χ4v) is 4.27. The molecule has 0 spiro atoms. The minimum Gasteiger partial charge on any atom is -0.468 e. The average Bonchev–Trinajstić information content (AvgIpc) is 2.67. The van der Waals surface area contributed by atoms with Gasteiger partial charge in [0.2, 0.25) is 0 Å². The largest absolute Gasteiger partial charge is 0.468 e. The van der Waals surface area contributed by atoms with E-state index in [-0.39, 0.29) is 18.3 Å². The normalized spacial score (nSPS) is 24.0. The van der Waals surface area contributed by atoms with Crippen molar-refractivity contribution in [3.63, 3.8) is 0 Å². The van der Waals surface area contributed by atoms with Crippen molar-refractivity contribution >= 4 is 29.3 Å². The van der Waals surface area contributed by atoms with E-state index in [1.807, 2.05) is 6.92 Å². The first-order chi connectivity index (χ1) is 13.8. The summed E-state index contributed by atoms with van der Waals surface area (Å²) in [4.78, 5) is 38.6. The molecule has 1 aliphatic carbocycles. The molecule has 1 heterocycles. The van der Waals surface area contributed by atoms with E-state index in [2.05, 4.69) is 5.32 Å². The number of Topliss-reactive ketones (excluding diaryl/α,β-unsaturated/α-hetero) is 1. The molecule has 3 atom stereocenters. The lowest BCUT2D eigenvalue weighted by Gasteiger charge is -2.38. The van der Waals surface area contributed by atoms with Gasteiger partial charge in [0.05, 0.1) is 19.3 Å². The van der Waals surface area contributed by atoms with Crippen molar-refractivity contribution in [1.82, 2.24) is 5.32 Å². The zero-order valence-corrected chi connectivity index (χ0v) is 17.6. The molecular formula is C22H24ClNO5. The van der Waals surface area contributed by atoms with Gasteiger partial charge in [-0.25, -0.2) is 4.79 Å². The van der Waals surface area contributed by atoms with Crippen LogP contribution >= 0.6 is 11.6 Å². The van der Waals surface area contributed by atoms with Crippen LogP contribution in [0.3, 0.4) is 0 Å². The van der Waals surface area contributed by atoms with E-state index in [1.54, 1.807) is 38.1 Å². The van der Waals surface area contributed by atoms with Crippen molar-refractivity contribution in [3.8, 4) is 0 Å². The van der Waals surface area contributed by atoms with Gasteiger partial charge < -0.3 is 14.8 Å². The third-order valence-corrected chi connectivity index (χ3v) is 5.69. The third-order valence-electron chi connectivity index (χ3n) is 5.44. The second-order valence-corrected chi connectivity index (χ2v) is 7.74. The number of nitrogens with one attached hydrogen (secondary N) is 1. The number of ketones is 1. The van der Waals surface area contributed by atoms with Gasteiger partial charge in [-0.1, -0.05) is 30.7 Å². The van der Waals surface area contributed by atoms with Gasteiger partial charge in [-0.05, 0) is 43.9 Å². The summed E-state index contributed by atoms with van der Waals surface area (Å²) < 4.78 is 10.1. The molecule has 1 aliphatic heterocycles. The predicted molar refractivity (Wildman–Crippen MR) is 108 cm³/mol. The molecule has 0 saturated carbocycles. The first-order valence-electron chi connectivity index (χ1n) is 9.55. The molecule has 0 fully saturated rings. The van der Waals surface area contributed by atoms with Gasteiger partial charge in [0.1, 0.15) is 5.92 Å². The Labute approximate surface area is 174 Å². The molecule has 0 amide bonds. The second kappa shape index (κ2) is 8.41. The molecule has 0 saturated heterocycles. The number of rotatable bonds is 4. The van der Waals surface area contributed by atoms with E-state index in [0.717, 1.165) is 11.3 Å². The first kappa shape index (κ1) is 21.1. The topological polar surface area (TPSA) is 81.7 Å². The lowest BCUT2D eigenvalue weighted by atomic mass is 9.69. The van der Waals surface area contributed by atoms with E-state index in [0.29, 0.717) is 28.3 Å². The standard InChI is InChI=1S/C22H24ClNO5/c1-5-29-22(27)17-12(3)24-15-10-11(2)16(21(26)28-4)20(25)19(15)18(17)13-6-8-14(23)9-7-13/h6-9,11,16,18,24H,5,10H2,1-4H3/t11-,16-,18-/m0/s1. The van der Waals surface area contributed by atoms with E-state index in [4.69, 9.17) is 21.1 Å². The van der Waals surface area contributed by atoms with Crippen LogP contribution in [0.4, 0.5) is 0 Å². The fraction of sp³-hybridized carbons (Fsp3) is 0.409. The summed E-state index contributed by atoms with van der Waals surface area (Å²) in [6.45, 7) is 5.58. The van der Waals surface area contributed by atoms with Crippen LogP contribution in [0.1, 0.15) is 38.7 Å². The SMILES string of the molecule is CCOC(=O)C1=C(C)NC2=C(C(=O)[C@@H](C(=O)OC)[C@@H](C)C2)[C@H]1c1ccc(Cl)cc1. The van der Waals surface area contributed by atoms with Crippen LogP contribution in [0.15, 0.2) is 46.8 Å². The van der Waals surface area contributed by atoms with Crippen molar-refractivity contribution in [3.05, 3.63) is 57.4 Å². The van der Waals surface area contributed by atoms with E-state index < -0.39 is 23.8 Å². The highest BCUT2D eigenvalue weighted by Crippen LogP contribution is 2.45. The van der Waals surface area contributed by atoms with Crippen LogP contribution in [0, 0.1) is 11.8 Å². The zero-order chi connectivity index (χ0) is 21.3. The Morgan fingerprint density at radius 2 is 1.90 bits per heavy atom. The maximum atomic E-state index is 13.5. The molecular weight excluding hydrogens is 394 g/mol. The van der Waals surface area contributed by atoms with Crippen LogP contribution in [0.25, 0.3) is 0 Å². The van der Waals surface area contributed by atoms with Crippen LogP contribution in [0.2, 0.25) is 5.02 Å². The molecule has 2 aliphatic rings. The van der Waals surface area contributed by atoms with E-state index in [9.17, 15) is 14.4 Å². The van der Waals surface area contributed by atoms with Gasteiger partial charge in [-0.2, -0.15) is 0 Å². The Bertz CT molecular complexity index is 916.